The van der Waals surface area contributed by atoms with Crippen molar-refractivity contribution in [3.05, 3.63) is 48.0 Å². The maximum Gasteiger partial charge on any atom is 0.433 e. The van der Waals surface area contributed by atoms with Crippen LogP contribution in [0.3, 0.4) is 0 Å². The molecule has 3 aliphatic heterocycles. The number of amides is 1. The van der Waals surface area contributed by atoms with Crippen LogP contribution in [0.4, 0.5) is 19.0 Å². The third-order valence-electron chi connectivity index (χ3n) is 5.20. The fourth-order valence-corrected chi connectivity index (χ4v) is 3.88. The molecule has 6 heterocycles. The Hall–Kier alpha value is -3.24. The molecule has 28 heavy (non-hydrogen) atoms. The highest BCUT2D eigenvalue weighted by Gasteiger charge is 2.48. The Bertz CT molecular complexity index is 1050. The zero-order chi connectivity index (χ0) is 19.5. The lowest BCUT2D eigenvalue weighted by molar-refractivity contribution is -0.141. The zero-order valence-corrected chi connectivity index (χ0v) is 14.4. The molecule has 8 nitrogen and oxygen atoms in total. The minimum absolute atomic E-state index is 0.00881. The van der Waals surface area contributed by atoms with E-state index in [4.69, 9.17) is 0 Å². The van der Waals surface area contributed by atoms with Gasteiger partial charge in [0.2, 0.25) is 0 Å². The van der Waals surface area contributed by atoms with Crippen LogP contribution in [0.25, 0.3) is 5.65 Å². The number of nitrogens with zero attached hydrogens (tertiary/aromatic N) is 7. The number of alkyl halides is 3. The van der Waals surface area contributed by atoms with E-state index in [1.54, 1.807) is 9.42 Å². The third-order valence-corrected chi connectivity index (χ3v) is 5.20. The van der Waals surface area contributed by atoms with Gasteiger partial charge in [-0.25, -0.2) is 0 Å². The van der Waals surface area contributed by atoms with Gasteiger partial charge in [0.1, 0.15) is 17.8 Å². The van der Waals surface area contributed by atoms with Gasteiger partial charge in [-0.1, -0.05) is 0 Å². The van der Waals surface area contributed by atoms with Crippen molar-refractivity contribution in [2.45, 2.75) is 24.7 Å². The molecule has 3 aromatic heterocycles. The molecule has 2 unspecified atom stereocenters. The monoisotopic (exact) mass is 389 g/mol. The number of piperidine rings is 1. The molecule has 2 bridgehead atoms. The van der Waals surface area contributed by atoms with E-state index in [0.717, 1.165) is 24.5 Å². The molecular weight excluding hydrogens is 375 g/mol. The topological polar surface area (TPSA) is 79.5 Å². The Morgan fingerprint density at radius 3 is 2.68 bits per heavy atom. The predicted molar refractivity (Wildman–Crippen MR) is 90.6 cm³/mol. The average Bonchev–Trinajstić information content (AvgIpc) is 3.15. The number of carbonyl (C=O) groups is 1. The van der Waals surface area contributed by atoms with Crippen molar-refractivity contribution in [3.8, 4) is 0 Å². The van der Waals surface area contributed by atoms with Crippen molar-refractivity contribution in [1.82, 2.24) is 29.7 Å². The first-order valence-electron chi connectivity index (χ1n) is 8.68. The Morgan fingerprint density at radius 2 is 1.93 bits per heavy atom. The maximum atomic E-state index is 12.9. The molecule has 11 heteroatoms. The van der Waals surface area contributed by atoms with Crippen LogP contribution in [0.2, 0.25) is 0 Å². The molecule has 3 aliphatic rings. The molecule has 3 aromatic rings. The van der Waals surface area contributed by atoms with E-state index in [1.807, 2.05) is 12.1 Å². The summed E-state index contributed by atoms with van der Waals surface area (Å²) in [7, 11) is 0. The lowest BCUT2D eigenvalue weighted by Crippen LogP contribution is -2.70. The number of hydrogen-bond acceptors (Lipinski definition) is 6. The second-order valence-corrected chi connectivity index (χ2v) is 6.91. The van der Waals surface area contributed by atoms with Crippen molar-refractivity contribution in [1.29, 1.82) is 0 Å². The average molecular weight is 389 g/mol. The molecule has 0 N–H and O–H groups in total. The van der Waals surface area contributed by atoms with E-state index in [1.165, 1.54) is 12.4 Å². The summed E-state index contributed by atoms with van der Waals surface area (Å²) in [5.41, 5.74) is -0.410. The van der Waals surface area contributed by atoms with Crippen molar-refractivity contribution < 1.29 is 18.0 Å². The van der Waals surface area contributed by atoms with Crippen molar-refractivity contribution in [2.75, 3.05) is 18.0 Å². The summed E-state index contributed by atoms with van der Waals surface area (Å²) in [6.07, 6.45) is -1.21. The van der Waals surface area contributed by atoms with Gasteiger partial charge < -0.3 is 9.80 Å². The number of fused-ring (bicyclic) bond motifs is 3. The summed E-state index contributed by atoms with van der Waals surface area (Å²) in [4.78, 5) is 19.8. The molecule has 0 aromatic carbocycles. The summed E-state index contributed by atoms with van der Waals surface area (Å²) in [6.45, 7) is 1.14. The van der Waals surface area contributed by atoms with Gasteiger partial charge in [-0.2, -0.15) is 17.7 Å². The van der Waals surface area contributed by atoms with E-state index < -0.39 is 17.8 Å². The number of rotatable bonds is 2. The van der Waals surface area contributed by atoms with E-state index in [0.29, 0.717) is 18.7 Å². The van der Waals surface area contributed by atoms with Gasteiger partial charge in [0.25, 0.3) is 5.91 Å². The number of piperazine rings is 1. The smallest absolute Gasteiger partial charge is 0.351 e. The van der Waals surface area contributed by atoms with Crippen LogP contribution in [0, 0.1) is 0 Å². The molecule has 0 spiro atoms. The normalized spacial score (nSPS) is 21.7. The van der Waals surface area contributed by atoms with E-state index >= 15 is 0 Å². The summed E-state index contributed by atoms with van der Waals surface area (Å²) in [5.74, 6) is 0.355. The maximum absolute atomic E-state index is 12.9. The van der Waals surface area contributed by atoms with Crippen LogP contribution in [-0.2, 0) is 6.18 Å². The molecule has 144 valence electrons. The minimum Gasteiger partial charge on any atom is -0.351 e. The highest BCUT2D eigenvalue weighted by atomic mass is 19.4. The summed E-state index contributed by atoms with van der Waals surface area (Å²) < 4.78 is 40.2. The van der Waals surface area contributed by atoms with E-state index in [-0.39, 0.29) is 17.6 Å². The minimum atomic E-state index is -4.58. The number of carbonyl (C=O) groups excluding carboxylic acids is 1. The van der Waals surface area contributed by atoms with Gasteiger partial charge in [0.15, 0.2) is 5.65 Å². The van der Waals surface area contributed by atoms with Gasteiger partial charge in [0, 0.05) is 24.8 Å². The van der Waals surface area contributed by atoms with Gasteiger partial charge in [-0.3, -0.25) is 9.78 Å². The fraction of sp³-hybridized carbons (Fsp3) is 0.353. The van der Waals surface area contributed by atoms with Crippen molar-refractivity contribution in [3.63, 3.8) is 0 Å². The lowest BCUT2D eigenvalue weighted by atomic mass is 9.86. The van der Waals surface area contributed by atoms with Crippen LogP contribution < -0.4 is 4.90 Å². The Labute approximate surface area is 156 Å². The van der Waals surface area contributed by atoms with Gasteiger partial charge >= 0.3 is 6.18 Å². The molecular formula is C17H14F3N7O. The second-order valence-electron chi connectivity index (χ2n) is 6.91. The highest BCUT2D eigenvalue weighted by Crippen LogP contribution is 2.36. The SMILES string of the molecule is O=C(c1ccnc(C(F)(F)F)c1)N1C2CC1CN(c1ccc3nncn3n1)C2. The first kappa shape index (κ1) is 16.9. The molecule has 0 radical (unpaired) electrons. The molecule has 0 aliphatic carbocycles. The van der Waals surface area contributed by atoms with E-state index in [9.17, 15) is 18.0 Å². The third kappa shape index (κ3) is 2.65. The zero-order valence-electron chi connectivity index (χ0n) is 14.4. The van der Waals surface area contributed by atoms with Gasteiger partial charge in [0.05, 0.1) is 12.1 Å². The molecule has 1 amide bonds. The number of pyridine rings is 1. The van der Waals surface area contributed by atoms with Crippen LogP contribution in [0.15, 0.2) is 36.8 Å². The molecule has 2 atom stereocenters. The van der Waals surface area contributed by atoms with Crippen LogP contribution >= 0.6 is 0 Å². The predicted octanol–water partition coefficient (Wildman–Crippen LogP) is 1.64. The Kier molecular flexibility index (Phi) is 3.55. The van der Waals surface area contributed by atoms with Gasteiger partial charge in [-0.15, -0.1) is 15.3 Å². The summed E-state index contributed by atoms with van der Waals surface area (Å²) in [6, 6.07) is 5.67. The first-order valence-corrected chi connectivity index (χ1v) is 8.68. The number of hydrogen-bond donors (Lipinski definition) is 0. The summed E-state index contributed by atoms with van der Waals surface area (Å²) >= 11 is 0. The number of halogens is 3. The molecule has 6 rings (SSSR count). The molecule has 3 saturated heterocycles. The van der Waals surface area contributed by atoms with Crippen LogP contribution in [0.1, 0.15) is 22.5 Å². The number of anilines is 1. The van der Waals surface area contributed by atoms with E-state index in [2.05, 4.69) is 25.2 Å². The number of aromatic nitrogens is 5. The fourth-order valence-electron chi connectivity index (χ4n) is 3.88. The quantitative estimate of drug-likeness (QED) is 0.663. The molecule has 0 saturated carbocycles. The van der Waals surface area contributed by atoms with Crippen LogP contribution in [-0.4, -0.2) is 60.8 Å². The first-order chi connectivity index (χ1) is 13.4. The molecule has 3 fully saturated rings. The lowest BCUT2D eigenvalue weighted by Gasteiger charge is -2.56. The Balaban J connectivity index is 1.34. The van der Waals surface area contributed by atoms with Crippen molar-refractivity contribution in [2.24, 2.45) is 0 Å². The second kappa shape index (κ2) is 5.88. The standard InChI is InChI=1S/C17H14F3N7O/c18-17(19,20)13-5-10(3-4-21-13)16(28)27-11-6-12(27)8-25(7-11)15-2-1-14-23-22-9-26(14)24-15/h1-5,9,11-12H,6-8H2. The van der Waals surface area contributed by atoms with Crippen molar-refractivity contribution >= 4 is 17.4 Å². The Morgan fingerprint density at radius 1 is 1.14 bits per heavy atom. The highest BCUT2D eigenvalue weighted by molar-refractivity contribution is 5.95. The summed E-state index contributed by atoms with van der Waals surface area (Å²) in [5, 5.41) is 12.2. The van der Waals surface area contributed by atoms with Gasteiger partial charge in [-0.05, 0) is 30.7 Å². The van der Waals surface area contributed by atoms with Crippen LogP contribution in [0.5, 0.6) is 0 Å². The largest absolute Gasteiger partial charge is 0.433 e.